The van der Waals surface area contributed by atoms with E-state index in [1.165, 1.54) is 0 Å². The smallest absolute Gasteiger partial charge is 0.326 e. The number of nitrogens with two attached hydrogens (primary N) is 1. The monoisotopic (exact) mass is 519 g/mol. The van der Waals surface area contributed by atoms with E-state index in [0.717, 1.165) is 16.5 Å². The standard InChI is InChI=1S/C24H33N5O8/c1-12(2)20(24(36)37)29-23(35)18(11-30)28-22(34)17(7-8-19(31)32)27-21(33)15(25)9-13-10-26-16-6-4-3-5-14(13)16/h3-6,10,12,15,17-18,20,26,30H,7-9,11,25H2,1-2H3,(H,27,33)(H,28,34)(H,29,35)(H,31,32)(H,36,37). The lowest BCUT2D eigenvalue weighted by molar-refractivity contribution is -0.143. The Balaban J connectivity index is 2.09. The average molecular weight is 520 g/mol. The molecule has 2 rings (SSSR count). The van der Waals surface area contributed by atoms with Crippen molar-refractivity contribution in [2.24, 2.45) is 11.7 Å². The van der Waals surface area contributed by atoms with E-state index < -0.39 is 72.8 Å². The van der Waals surface area contributed by atoms with Crippen LogP contribution >= 0.6 is 0 Å². The summed E-state index contributed by atoms with van der Waals surface area (Å²) >= 11 is 0. The number of carboxylic acids is 2. The van der Waals surface area contributed by atoms with Gasteiger partial charge in [-0.15, -0.1) is 0 Å². The summed E-state index contributed by atoms with van der Waals surface area (Å²) in [5.74, 6) is -5.57. The van der Waals surface area contributed by atoms with Gasteiger partial charge in [0.1, 0.15) is 18.1 Å². The number of para-hydroxylation sites is 1. The molecule has 13 nitrogen and oxygen atoms in total. The summed E-state index contributed by atoms with van der Waals surface area (Å²) in [6, 6.07) is 2.18. The zero-order valence-corrected chi connectivity index (χ0v) is 20.6. The lowest BCUT2D eigenvalue weighted by Gasteiger charge is -2.25. The molecular formula is C24H33N5O8. The second-order valence-corrected chi connectivity index (χ2v) is 8.98. The molecule has 0 saturated heterocycles. The number of carbonyl (C=O) groups excluding carboxylic acids is 3. The van der Waals surface area contributed by atoms with Crippen molar-refractivity contribution in [3.8, 4) is 0 Å². The zero-order chi connectivity index (χ0) is 27.7. The van der Waals surface area contributed by atoms with Crippen LogP contribution in [0.1, 0.15) is 32.3 Å². The van der Waals surface area contributed by atoms with E-state index in [2.05, 4.69) is 20.9 Å². The Kier molecular flexibility index (Phi) is 10.6. The molecule has 0 bridgehead atoms. The minimum Gasteiger partial charge on any atom is -0.481 e. The highest BCUT2D eigenvalue weighted by Crippen LogP contribution is 2.18. The summed E-state index contributed by atoms with van der Waals surface area (Å²) in [5.41, 5.74) is 7.70. The first kappa shape index (κ1) is 29.3. The summed E-state index contributed by atoms with van der Waals surface area (Å²) in [4.78, 5) is 63.6. The van der Waals surface area contributed by atoms with Crippen LogP contribution in [0.2, 0.25) is 0 Å². The largest absolute Gasteiger partial charge is 0.481 e. The number of nitrogens with one attached hydrogen (secondary N) is 4. The number of hydrogen-bond acceptors (Lipinski definition) is 7. The van der Waals surface area contributed by atoms with Gasteiger partial charge in [-0.05, 0) is 30.4 Å². The highest BCUT2D eigenvalue weighted by atomic mass is 16.4. The van der Waals surface area contributed by atoms with Crippen molar-refractivity contribution in [3.63, 3.8) is 0 Å². The van der Waals surface area contributed by atoms with Crippen LogP contribution in [0, 0.1) is 5.92 Å². The first-order valence-electron chi connectivity index (χ1n) is 11.7. The fraction of sp³-hybridized carbons (Fsp3) is 0.458. The van der Waals surface area contributed by atoms with Crippen molar-refractivity contribution in [1.82, 2.24) is 20.9 Å². The number of benzene rings is 1. The van der Waals surface area contributed by atoms with Crippen LogP contribution < -0.4 is 21.7 Å². The van der Waals surface area contributed by atoms with E-state index in [-0.39, 0.29) is 12.8 Å². The molecule has 9 N–H and O–H groups in total. The second-order valence-electron chi connectivity index (χ2n) is 8.98. The van der Waals surface area contributed by atoms with Crippen LogP contribution in [-0.4, -0.2) is 80.7 Å². The van der Waals surface area contributed by atoms with Crippen LogP contribution in [-0.2, 0) is 30.4 Å². The van der Waals surface area contributed by atoms with Gasteiger partial charge < -0.3 is 42.0 Å². The number of aromatic nitrogens is 1. The SMILES string of the molecule is CC(C)C(NC(=O)C(CO)NC(=O)C(CCC(=O)O)NC(=O)C(N)Cc1c[nH]c2ccccc12)C(=O)O. The Morgan fingerprint density at radius 1 is 0.946 bits per heavy atom. The number of carbonyl (C=O) groups is 5. The fourth-order valence-corrected chi connectivity index (χ4v) is 3.68. The zero-order valence-electron chi connectivity index (χ0n) is 20.6. The minimum atomic E-state index is -1.53. The van der Waals surface area contributed by atoms with E-state index >= 15 is 0 Å². The van der Waals surface area contributed by atoms with Crippen molar-refractivity contribution >= 4 is 40.6 Å². The summed E-state index contributed by atoms with van der Waals surface area (Å²) in [6.45, 7) is 2.28. The Bertz CT molecular complexity index is 1130. The molecule has 4 atom stereocenters. The van der Waals surface area contributed by atoms with Crippen molar-refractivity contribution in [1.29, 1.82) is 0 Å². The van der Waals surface area contributed by atoms with Gasteiger partial charge >= 0.3 is 11.9 Å². The molecule has 0 spiro atoms. The number of aliphatic carboxylic acids is 2. The predicted molar refractivity (Wildman–Crippen MR) is 132 cm³/mol. The maximum atomic E-state index is 12.9. The first-order valence-corrected chi connectivity index (χ1v) is 11.7. The van der Waals surface area contributed by atoms with E-state index in [4.69, 9.17) is 10.8 Å². The number of fused-ring (bicyclic) bond motifs is 1. The van der Waals surface area contributed by atoms with Gasteiger partial charge in [-0.2, -0.15) is 0 Å². The number of aromatic amines is 1. The molecule has 0 saturated carbocycles. The molecule has 0 fully saturated rings. The van der Waals surface area contributed by atoms with Crippen LogP contribution in [0.15, 0.2) is 30.5 Å². The quantitative estimate of drug-likeness (QED) is 0.154. The number of hydrogen-bond donors (Lipinski definition) is 8. The van der Waals surface area contributed by atoms with Crippen molar-refractivity contribution in [3.05, 3.63) is 36.0 Å². The average Bonchev–Trinajstić information content (AvgIpc) is 3.25. The van der Waals surface area contributed by atoms with Gasteiger partial charge in [-0.25, -0.2) is 4.79 Å². The number of rotatable bonds is 14. The van der Waals surface area contributed by atoms with E-state index in [9.17, 15) is 34.2 Å². The molecule has 0 aliphatic heterocycles. The number of aliphatic hydroxyl groups is 1. The third-order valence-corrected chi connectivity index (χ3v) is 5.78. The number of H-pyrrole nitrogens is 1. The van der Waals surface area contributed by atoms with Crippen LogP contribution in [0.4, 0.5) is 0 Å². The Morgan fingerprint density at radius 3 is 2.16 bits per heavy atom. The molecular weight excluding hydrogens is 486 g/mol. The van der Waals surface area contributed by atoms with Gasteiger partial charge in [-0.1, -0.05) is 32.0 Å². The molecule has 202 valence electrons. The van der Waals surface area contributed by atoms with Crippen molar-refractivity contribution in [2.75, 3.05) is 6.61 Å². The highest BCUT2D eigenvalue weighted by Gasteiger charge is 2.31. The molecule has 0 aliphatic carbocycles. The van der Waals surface area contributed by atoms with Crippen LogP contribution in [0.5, 0.6) is 0 Å². The van der Waals surface area contributed by atoms with Gasteiger partial charge in [0.2, 0.25) is 17.7 Å². The van der Waals surface area contributed by atoms with Crippen molar-refractivity contribution in [2.45, 2.75) is 57.3 Å². The number of aliphatic hydroxyl groups excluding tert-OH is 1. The van der Waals surface area contributed by atoms with Gasteiger partial charge in [-0.3, -0.25) is 19.2 Å². The van der Waals surface area contributed by atoms with E-state index in [0.29, 0.717) is 0 Å². The summed E-state index contributed by atoms with van der Waals surface area (Å²) in [6.07, 6.45) is 1.08. The summed E-state index contributed by atoms with van der Waals surface area (Å²) < 4.78 is 0. The molecule has 13 heteroatoms. The second kappa shape index (κ2) is 13.4. The number of amides is 3. The van der Waals surface area contributed by atoms with E-state index in [1.54, 1.807) is 20.0 Å². The fourth-order valence-electron chi connectivity index (χ4n) is 3.68. The molecule has 0 radical (unpaired) electrons. The summed E-state index contributed by atoms with van der Waals surface area (Å²) in [5, 5.41) is 35.7. The molecule has 1 heterocycles. The molecule has 3 amide bonds. The predicted octanol–water partition coefficient (Wildman–Crippen LogP) is -0.910. The molecule has 1 aromatic carbocycles. The van der Waals surface area contributed by atoms with Gasteiger partial charge in [0, 0.05) is 23.5 Å². The van der Waals surface area contributed by atoms with Crippen LogP contribution in [0.25, 0.3) is 10.9 Å². The van der Waals surface area contributed by atoms with Gasteiger partial charge in [0.15, 0.2) is 0 Å². The maximum absolute atomic E-state index is 12.9. The van der Waals surface area contributed by atoms with E-state index in [1.807, 2.05) is 24.3 Å². The Morgan fingerprint density at radius 2 is 1.57 bits per heavy atom. The Hall–Kier alpha value is -3.97. The minimum absolute atomic E-state index is 0.135. The molecule has 37 heavy (non-hydrogen) atoms. The molecule has 4 unspecified atom stereocenters. The molecule has 1 aromatic heterocycles. The summed E-state index contributed by atoms with van der Waals surface area (Å²) in [7, 11) is 0. The Labute approximate surface area is 212 Å². The first-order chi connectivity index (χ1) is 17.4. The maximum Gasteiger partial charge on any atom is 0.326 e. The van der Waals surface area contributed by atoms with Gasteiger partial charge in [0.05, 0.1) is 12.6 Å². The third kappa shape index (κ3) is 8.29. The molecule has 2 aromatic rings. The molecule has 0 aliphatic rings. The van der Waals surface area contributed by atoms with Gasteiger partial charge in [0.25, 0.3) is 0 Å². The lowest BCUT2D eigenvalue weighted by atomic mass is 10.0. The number of carboxylic acid groups (broad SMARTS) is 2. The third-order valence-electron chi connectivity index (χ3n) is 5.78. The van der Waals surface area contributed by atoms with Crippen LogP contribution in [0.3, 0.4) is 0 Å². The topological polar surface area (TPSA) is 224 Å². The lowest BCUT2D eigenvalue weighted by Crippen LogP contribution is -2.58. The normalized spacial score (nSPS) is 14.4. The van der Waals surface area contributed by atoms with Crippen molar-refractivity contribution < 1.29 is 39.3 Å². The highest BCUT2D eigenvalue weighted by molar-refractivity contribution is 5.94.